The molecule has 3 atom stereocenters. The second-order valence-corrected chi connectivity index (χ2v) is 4.70. The normalized spacial score (nSPS) is 16.4. The number of hydrogen-bond acceptors (Lipinski definition) is 4. The number of carboxylic acids is 1. The first-order valence-electron chi connectivity index (χ1n) is 5.69. The molecule has 0 aromatic carbocycles. The number of nitrogens with two attached hydrogens (primary N) is 1. The molecular weight excluding hydrogens is 224 g/mol. The molecule has 0 rings (SSSR count). The smallest absolute Gasteiger partial charge is 0.306 e. The molecule has 6 nitrogen and oxygen atoms in total. The maximum atomic E-state index is 11.4. The molecule has 0 fully saturated rings. The maximum absolute atomic E-state index is 11.4. The number of rotatable bonds is 7. The summed E-state index contributed by atoms with van der Waals surface area (Å²) < 4.78 is 0. The Balaban J connectivity index is 4.52. The van der Waals surface area contributed by atoms with Gasteiger partial charge in [-0.1, -0.05) is 13.8 Å². The van der Waals surface area contributed by atoms with Crippen LogP contribution in [-0.2, 0) is 9.59 Å². The molecule has 0 saturated carbocycles. The van der Waals surface area contributed by atoms with Gasteiger partial charge < -0.3 is 21.3 Å². The molecular formula is C11H22N2O4. The fourth-order valence-electron chi connectivity index (χ4n) is 1.46. The van der Waals surface area contributed by atoms with Crippen LogP contribution in [-0.4, -0.2) is 40.3 Å². The summed E-state index contributed by atoms with van der Waals surface area (Å²) in [5.41, 5.74) is 5.41. The van der Waals surface area contributed by atoms with Gasteiger partial charge in [0.2, 0.25) is 5.91 Å². The SMILES string of the molecule is CC(C)C[C@H](NC(=O)[C@H](C)N)[C@@H](O)CC(=O)O. The number of carbonyl (C=O) groups excluding carboxylic acids is 1. The highest BCUT2D eigenvalue weighted by Crippen LogP contribution is 2.11. The molecule has 1 amide bonds. The standard InChI is InChI=1S/C11H22N2O4/c1-6(2)4-8(9(14)5-10(15)16)13-11(17)7(3)12/h6-9,14H,4-5,12H2,1-3H3,(H,13,17)(H,15,16)/t7-,8-,9-/m0/s1. The van der Waals surface area contributed by atoms with E-state index in [1.807, 2.05) is 13.8 Å². The van der Waals surface area contributed by atoms with Gasteiger partial charge in [-0.3, -0.25) is 9.59 Å². The average Bonchev–Trinajstić information content (AvgIpc) is 2.14. The third kappa shape index (κ3) is 6.91. The van der Waals surface area contributed by atoms with Gasteiger partial charge in [-0.25, -0.2) is 0 Å². The Kier molecular flexibility index (Phi) is 6.75. The topological polar surface area (TPSA) is 113 Å². The number of amides is 1. The second kappa shape index (κ2) is 7.24. The van der Waals surface area contributed by atoms with Gasteiger partial charge in [-0.15, -0.1) is 0 Å². The zero-order valence-electron chi connectivity index (χ0n) is 10.5. The fourth-order valence-corrected chi connectivity index (χ4v) is 1.46. The molecule has 0 aliphatic heterocycles. The monoisotopic (exact) mass is 246 g/mol. The highest BCUT2D eigenvalue weighted by molar-refractivity contribution is 5.81. The summed E-state index contributed by atoms with van der Waals surface area (Å²) in [4.78, 5) is 22.0. The minimum absolute atomic E-state index is 0.233. The number of carboxylic acid groups (broad SMARTS) is 1. The van der Waals surface area contributed by atoms with Crippen molar-refractivity contribution in [2.24, 2.45) is 11.7 Å². The van der Waals surface area contributed by atoms with Crippen LogP contribution in [0.3, 0.4) is 0 Å². The first-order valence-corrected chi connectivity index (χ1v) is 5.69. The summed E-state index contributed by atoms with van der Waals surface area (Å²) >= 11 is 0. The predicted octanol–water partition coefficient (Wildman–Crippen LogP) is -0.300. The molecule has 0 aliphatic rings. The van der Waals surface area contributed by atoms with Crippen LogP contribution in [0, 0.1) is 5.92 Å². The van der Waals surface area contributed by atoms with E-state index in [9.17, 15) is 14.7 Å². The van der Waals surface area contributed by atoms with Crippen molar-refractivity contribution in [3.63, 3.8) is 0 Å². The first kappa shape index (κ1) is 15.9. The van der Waals surface area contributed by atoms with Crippen LogP contribution in [0.15, 0.2) is 0 Å². The van der Waals surface area contributed by atoms with E-state index < -0.39 is 30.6 Å². The number of aliphatic carboxylic acids is 1. The summed E-state index contributed by atoms with van der Waals surface area (Å²) in [5, 5.41) is 20.9. The second-order valence-electron chi connectivity index (χ2n) is 4.70. The summed E-state index contributed by atoms with van der Waals surface area (Å²) in [6, 6.07) is -1.26. The molecule has 100 valence electrons. The van der Waals surface area contributed by atoms with Crippen LogP contribution in [0.5, 0.6) is 0 Å². The molecule has 0 bridgehead atoms. The lowest BCUT2D eigenvalue weighted by Gasteiger charge is -2.25. The first-order chi connectivity index (χ1) is 7.73. The predicted molar refractivity (Wildman–Crippen MR) is 63.3 cm³/mol. The van der Waals surface area contributed by atoms with Crippen molar-refractivity contribution in [1.29, 1.82) is 0 Å². The van der Waals surface area contributed by atoms with Crippen LogP contribution in [0.1, 0.15) is 33.6 Å². The lowest BCUT2D eigenvalue weighted by molar-refractivity contribution is -0.140. The summed E-state index contributed by atoms with van der Waals surface area (Å²) in [6.45, 7) is 5.39. The van der Waals surface area contributed by atoms with Crippen molar-refractivity contribution < 1.29 is 19.8 Å². The van der Waals surface area contributed by atoms with Crippen LogP contribution in [0.4, 0.5) is 0 Å². The number of hydrogen-bond donors (Lipinski definition) is 4. The molecule has 6 heteroatoms. The van der Waals surface area contributed by atoms with Crippen LogP contribution < -0.4 is 11.1 Å². The fraction of sp³-hybridized carbons (Fsp3) is 0.818. The van der Waals surface area contributed by atoms with Gasteiger partial charge in [-0.2, -0.15) is 0 Å². The lowest BCUT2D eigenvalue weighted by Crippen LogP contribution is -2.49. The molecule has 0 aliphatic carbocycles. The van der Waals surface area contributed by atoms with Crippen LogP contribution >= 0.6 is 0 Å². The number of carbonyl (C=O) groups is 2. The van der Waals surface area contributed by atoms with Crippen molar-refractivity contribution in [3.05, 3.63) is 0 Å². The van der Waals surface area contributed by atoms with Gasteiger partial charge in [0.15, 0.2) is 0 Å². The van der Waals surface area contributed by atoms with E-state index in [1.165, 1.54) is 6.92 Å². The third-order valence-electron chi connectivity index (χ3n) is 2.31. The third-order valence-corrected chi connectivity index (χ3v) is 2.31. The van der Waals surface area contributed by atoms with E-state index in [0.717, 1.165) is 0 Å². The molecule has 0 aromatic heterocycles. The minimum atomic E-state index is -1.10. The molecule has 0 spiro atoms. The number of aliphatic hydroxyl groups excluding tert-OH is 1. The van der Waals surface area contributed by atoms with E-state index in [1.54, 1.807) is 0 Å². The molecule has 5 N–H and O–H groups in total. The Bertz CT molecular complexity index is 266. The molecule has 0 saturated heterocycles. The van der Waals surface area contributed by atoms with E-state index in [2.05, 4.69) is 5.32 Å². The highest BCUT2D eigenvalue weighted by atomic mass is 16.4. The van der Waals surface area contributed by atoms with Gasteiger partial charge in [0, 0.05) is 0 Å². The Morgan fingerprint density at radius 3 is 2.18 bits per heavy atom. The maximum Gasteiger partial charge on any atom is 0.306 e. The van der Waals surface area contributed by atoms with Gasteiger partial charge >= 0.3 is 5.97 Å². The van der Waals surface area contributed by atoms with Gasteiger partial charge in [-0.05, 0) is 19.3 Å². The zero-order chi connectivity index (χ0) is 13.6. The zero-order valence-corrected chi connectivity index (χ0v) is 10.5. The summed E-state index contributed by atoms with van der Waals surface area (Å²) in [7, 11) is 0. The Hall–Kier alpha value is -1.14. The van der Waals surface area contributed by atoms with E-state index >= 15 is 0 Å². The van der Waals surface area contributed by atoms with Crippen LogP contribution in [0.2, 0.25) is 0 Å². The Morgan fingerprint density at radius 2 is 1.82 bits per heavy atom. The van der Waals surface area contributed by atoms with E-state index in [0.29, 0.717) is 6.42 Å². The van der Waals surface area contributed by atoms with Crippen molar-refractivity contribution in [2.75, 3.05) is 0 Å². The molecule has 17 heavy (non-hydrogen) atoms. The highest BCUT2D eigenvalue weighted by Gasteiger charge is 2.25. The van der Waals surface area contributed by atoms with E-state index in [-0.39, 0.29) is 11.8 Å². The summed E-state index contributed by atoms with van der Waals surface area (Å²) in [6.07, 6.45) is -0.985. The summed E-state index contributed by atoms with van der Waals surface area (Å²) in [5.74, 6) is -1.25. The van der Waals surface area contributed by atoms with Crippen molar-refractivity contribution >= 4 is 11.9 Å². The van der Waals surface area contributed by atoms with Crippen molar-refractivity contribution in [2.45, 2.75) is 51.8 Å². The average molecular weight is 246 g/mol. The lowest BCUT2D eigenvalue weighted by atomic mass is 9.97. The number of nitrogens with one attached hydrogen (secondary N) is 1. The van der Waals surface area contributed by atoms with Crippen molar-refractivity contribution in [3.8, 4) is 0 Å². The van der Waals surface area contributed by atoms with Gasteiger partial charge in [0.25, 0.3) is 0 Å². The minimum Gasteiger partial charge on any atom is -0.481 e. The van der Waals surface area contributed by atoms with Gasteiger partial charge in [0.1, 0.15) is 0 Å². The number of aliphatic hydroxyl groups is 1. The molecule has 0 radical (unpaired) electrons. The van der Waals surface area contributed by atoms with Crippen molar-refractivity contribution in [1.82, 2.24) is 5.32 Å². The van der Waals surface area contributed by atoms with Crippen LogP contribution in [0.25, 0.3) is 0 Å². The Labute approximate surface area is 101 Å². The quantitative estimate of drug-likeness (QED) is 0.492. The van der Waals surface area contributed by atoms with Gasteiger partial charge in [0.05, 0.1) is 24.6 Å². The molecule has 0 unspecified atom stereocenters. The molecule has 0 aromatic rings. The Morgan fingerprint density at radius 1 is 1.29 bits per heavy atom. The van der Waals surface area contributed by atoms with E-state index in [4.69, 9.17) is 10.8 Å². The molecule has 0 heterocycles. The largest absolute Gasteiger partial charge is 0.481 e.